The van der Waals surface area contributed by atoms with Gasteiger partial charge in [0.15, 0.2) is 0 Å². The number of hydrogen-bond donors (Lipinski definition) is 3. The Hall–Kier alpha value is -0.380. The van der Waals surface area contributed by atoms with Crippen LogP contribution in [0.3, 0.4) is 0 Å². The van der Waals surface area contributed by atoms with Crippen LogP contribution in [0.5, 0.6) is 0 Å². The van der Waals surface area contributed by atoms with E-state index in [1.807, 2.05) is 0 Å². The van der Waals surface area contributed by atoms with Crippen molar-refractivity contribution in [2.75, 3.05) is 19.6 Å². The topological polar surface area (TPSA) is 36.1 Å². The molecular weight excluding hydrogens is 342 g/mol. The van der Waals surface area contributed by atoms with E-state index in [1.54, 1.807) is 0 Å². The molecule has 0 aliphatic rings. The first-order chi connectivity index (χ1) is 12.8. The van der Waals surface area contributed by atoms with Gasteiger partial charge in [-0.2, -0.15) is 0 Å². The Morgan fingerprint density at radius 1 is 0.679 bits per heavy atom. The summed E-state index contributed by atoms with van der Waals surface area (Å²) in [6.45, 7) is 23.8. The highest BCUT2D eigenvalue weighted by molar-refractivity contribution is 4.94. The van der Waals surface area contributed by atoms with Gasteiger partial charge in [0.25, 0.3) is 0 Å². The molecule has 0 aliphatic carbocycles. The maximum Gasteiger partial charge on any atom is 0.0159 e. The first kappa shape index (κ1) is 27.6. The maximum atomic E-state index is 3.71. The lowest BCUT2D eigenvalue weighted by Gasteiger charge is -2.27. The van der Waals surface area contributed by atoms with E-state index in [9.17, 15) is 0 Å². The van der Waals surface area contributed by atoms with Crippen LogP contribution in [0.4, 0.5) is 0 Å². The number of unbranched alkanes of at least 4 members (excludes halogenated alkanes) is 2. The number of hydrogen-bond acceptors (Lipinski definition) is 3. The van der Waals surface area contributed by atoms with E-state index in [2.05, 4.69) is 90.4 Å². The predicted octanol–water partition coefficient (Wildman–Crippen LogP) is 6.05. The van der Waals surface area contributed by atoms with E-state index < -0.39 is 0 Å². The fourth-order valence-electron chi connectivity index (χ4n) is 3.22. The summed E-state index contributed by atoms with van der Waals surface area (Å²) < 4.78 is 0. The molecule has 0 rings (SSSR count). The third-order valence-electron chi connectivity index (χ3n) is 5.19. The molecule has 0 amide bonds. The summed E-state index contributed by atoms with van der Waals surface area (Å²) in [5.41, 5.74) is 0.620. The predicted molar refractivity (Wildman–Crippen MR) is 128 cm³/mol. The molecule has 3 heteroatoms. The third kappa shape index (κ3) is 19.0. The molecule has 0 bridgehead atoms. The summed E-state index contributed by atoms with van der Waals surface area (Å²) in [7, 11) is 0. The van der Waals surface area contributed by atoms with Crippen molar-refractivity contribution in [3.63, 3.8) is 0 Å². The van der Waals surface area contributed by atoms with E-state index in [1.165, 1.54) is 38.5 Å². The maximum absolute atomic E-state index is 3.71. The van der Waals surface area contributed by atoms with Crippen LogP contribution in [0.25, 0.3) is 0 Å². The number of nitrogens with one attached hydrogen (secondary N) is 3. The van der Waals surface area contributed by atoms with Gasteiger partial charge in [-0.3, -0.25) is 0 Å². The van der Waals surface area contributed by atoms with E-state index >= 15 is 0 Å². The Morgan fingerprint density at radius 3 is 1.89 bits per heavy atom. The second-order valence-electron chi connectivity index (χ2n) is 11.3. The van der Waals surface area contributed by atoms with Crippen molar-refractivity contribution >= 4 is 0 Å². The van der Waals surface area contributed by atoms with E-state index in [-0.39, 0.29) is 16.6 Å². The zero-order valence-corrected chi connectivity index (χ0v) is 20.8. The van der Waals surface area contributed by atoms with Crippen LogP contribution in [0.15, 0.2) is 12.2 Å². The van der Waals surface area contributed by atoms with Crippen molar-refractivity contribution < 1.29 is 0 Å². The van der Waals surface area contributed by atoms with Gasteiger partial charge in [-0.1, -0.05) is 45.3 Å². The SMILES string of the molecule is CC(C)CCCCNC(C)(C)C/C=C\CNC(C)(C)CCCCNC(C)(C)C. The molecule has 0 atom stereocenters. The van der Waals surface area contributed by atoms with Crippen LogP contribution in [0, 0.1) is 5.92 Å². The number of rotatable bonds is 16. The Morgan fingerprint density at radius 2 is 1.29 bits per heavy atom. The quantitative estimate of drug-likeness (QED) is 0.220. The first-order valence-electron chi connectivity index (χ1n) is 11.7. The molecule has 0 saturated heterocycles. The molecule has 0 saturated carbocycles. The summed E-state index contributed by atoms with van der Waals surface area (Å²) in [6.07, 6.45) is 13.4. The summed E-state index contributed by atoms with van der Waals surface area (Å²) in [5, 5.41) is 11.0. The van der Waals surface area contributed by atoms with Gasteiger partial charge in [0.2, 0.25) is 0 Å². The second kappa shape index (κ2) is 13.8. The molecule has 0 aromatic heterocycles. The summed E-state index contributed by atoms with van der Waals surface area (Å²) in [5.74, 6) is 0.827. The smallest absolute Gasteiger partial charge is 0.0159 e. The Bertz CT molecular complexity index is 403. The third-order valence-corrected chi connectivity index (χ3v) is 5.19. The van der Waals surface area contributed by atoms with Crippen LogP contribution in [-0.4, -0.2) is 36.3 Å². The zero-order chi connectivity index (χ0) is 21.7. The molecule has 0 aromatic carbocycles. The van der Waals surface area contributed by atoms with Gasteiger partial charge >= 0.3 is 0 Å². The normalized spacial score (nSPS) is 13.8. The molecule has 28 heavy (non-hydrogen) atoms. The standard InChI is InChI=1S/C25H53N3/c1-22(2)16-10-13-20-27-24(6,7)18-12-15-21-28-25(8,9)17-11-14-19-26-23(3,4)5/h12,15,22,26-28H,10-11,13-14,16-21H2,1-9H3/b15-12-. The molecule has 0 heterocycles. The summed E-state index contributed by atoms with van der Waals surface area (Å²) in [4.78, 5) is 0. The highest BCUT2D eigenvalue weighted by Crippen LogP contribution is 2.14. The van der Waals surface area contributed by atoms with Crippen LogP contribution in [0.1, 0.15) is 107 Å². The van der Waals surface area contributed by atoms with Crippen LogP contribution < -0.4 is 16.0 Å². The first-order valence-corrected chi connectivity index (χ1v) is 11.7. The van der Waals surface area contributed by atoms with E-state index in [4.69, 9.17) is 0 Å². The fourth-order valence-corrected chi connectivity index (χ4v) is 3.22. The van der Waals surface area contributed by atoms with Crippen molar-refractivity contribution in [3.05, 3.63) is 12.2 Å². The molecule has 0 aromatic rings. The van der Waals surface area contributed by atoms with Gasteiger partial charge in [0.1, 0.15) is 0 Å². The Kier molecular flexibility index (Phi) is 13.6. The lowest BCUT2D eigenvalue weighted by molar-refractivity contribution is 0.353. The van der Waals surface area contributed by atoms with Crippen molar-refractivity contribution in [3.8, 4) is 0 Å². The van der Waals surface area contributed by atoms with E-state index in [0.717, 1.165) is 32.0 Å². The van der Waals surface area contributed by atoms with Gasteiger partial charge in [-0.25, -0.2) is 0 Å². The highest BCUT2D eigenvalue weighted by atomic mass is 15.0. The molecule has 3 nitrogen and oxygen atoms in total. The highest BCUT2D eigenvalue weighted by Gasteiger charge is 2.16. The monoisotopic (exact) mass is 395 g/mol. The minimum atomic E-state index is 0.184. The van der Waals surface area contributed by atoms with Crippen LogP contribution in [-0.2, 0) is 0 Å². The lowest BCUT2D eigenvalue weighted by atomic mass is 9.96. The van der Waals surface area contributed by atoms with Gasteiger partial charge in [0, 0.05) is 23.2 Å². The Balaban J connectivity index is 3.86. The summed E-state index contributed by atoms with van der Waals surface area (Å²) >= 11 is 0. The molecule has 0 fully saturated rings. The molecule has 0 unspecified atom stereocenters. The van der Waals surface area contributed by atoms with Crippen molar-refractivity contribution in [1.82, 2.24) is 16.0 Å². The van der Waals surface area contributed by atoms with Crippen LogP contribution >= 0.6 is 0 Å². The second-order valence-corrected chi connectivity index (χ2v) is 11.3. The zero-order valence-electron chi connectivity index (χ0n) is 20.8. The van der Waals surface area contributed by atoms with Gasteiger partial charge in [-0.05, 0) is 93.2 Å². The largest absolute Gasteiger partial charge is 0.312 e. The Labute approximate surface area is 177 Å². The van der Waals surface area contributed by atoms with Crippen LogP contribution in [0.2, 0.25) is 0 Å². The average molecular weight is 396 g/mol. The van der Waals surface area contributed by atoms with Crippen molar-refractivity contribution in [1.29, 1.82) is 0 Å². The molecule has 3 N–H and O–H groups in total. The van der Waals surface area contributed by atoms with Crippen molar-refractivity contribution in [2.45, 2.75) is 124 Å². The van der Waals surface area contributed by atoms with Gasteiger partial charge < -0.3 is 16.0 Å². The molecule has 0 aliphatic heterocycles. The van der Waals surface area contributed by atoms with Crippen molar-refractivity contribution in [2.24, 2.45) is 5.92 Å². The fraction of sp³-hybridized carbons (Fsp3) is 0.920. The van der Waals surface area contributed by atoms with E-state index in [0.29, 0.717) is 0 Å². The van der Waals surface area contributed by atoms with Gasteiger partial charge in [-0.15, -0.1) is 0 Å². The minimum Gasteiger partial charge on any atom is -0.312 e. The van der Waals surface area contributed by atoms with Gasteiger partial charge in [0.05, 0.1) is 0 Å². The molecule has 0 spiro atoms. The molecular formula is C25H53N3. The molecule has 168 valence electrons. The lowest BCUT2D eigenvalue weighted by Crippen LogP contribution is -2.40. The molecule has 0 radical (unpaired) electrons. The minimum absolute atomic E-state index is 0.184. The average Bonchev–Trinajstić information content (AvgIpc) is 2.52. The summed E-state index contributed by atoms with van der Waals surface area (Å²) in [6, 6.07) is 0.